The summed E-state index contributed by atoms with van der Waals surface area (Å²) in [5.74, 6) is 0.217. The van der Waals surface area contributed by atoms with Crippen molar-refractivity contribution in [3.8, 4) is 0 Å². The van der Waals surface area contributed by atoms with Gasteiger partial charge in [-0.05, 0) is 55.5 Å². The van der Waals surface area contributed by atoms with E-state index >= 15 is 0 Å². The molecule has 1 aliphatic heterocycles. The van der Waals surface area contributed by atoms with Crippen LogP contribution in [0.2, 0.25) is 0 Å². The molecule has 3 rings (SSSR count). The number of nitrogens with one attached hydrogen (secondary N) is 1. The van der Waals surface area contributed by atoms with Gasteiger partial charge in [0.1, 0.15) is 0 Å². The fourth-order valence-electron chi connectivity index (χ4n) is 3.62. The van der Waals surface area contributed by atoms with Crippen LogP contribution in [0, 0.1) is 11.8 Å². The summed E-state index contributed by atoms with van der Waals surface area (Å²) >= 11 is 0. The zero-order chi connectivity index (χ0) is 15.0. The van der Waals surface area contributed by atoms with Gasteiger partial charge in [0, 0.05) is 12.7 Å². The monoisotopic (exact) mass is 288 g/mol. The second-order valence-corrected chi connectivity index (χ2v) is 5.99. The Morgan fingerprint density at radius 2 is 1.95 bits per heavy atom. The summed E-state index contributed by atoms with van der Waals surface area (Å²) in [7, 11) is 1.75. The predicted molar refractivity (Wildman–Crippen MR) is 79.4 cm³/mol. The van der Waals surface area contributed by atoms with E-state index in [1.54, 1.807) is 24.1 Å². The molecule has 0 spiro atoms. The number of benzene rings is 1. The zero-order valence-corrected chi connectivity index (χ0v) is 12.1. The zero-order valence-electron chi connectivity index (χ0n) is 12.1. The van der Waals surface area contributed by atoms with Crippen LogP contribution in [0.4, 0.5) is 5.69 Å². The van der Waals surface area contributed by atoms with Crippen LogP contribution < -0.4 is 10.2 Å². The van der Waals surface area contributed by atoms with Crippen LogP contribution in [-0.2, 0) is 4.79 Å². The fourth-order valence-corrected chi connectivity index (χ4v) is 3.62. The van der Waals surface area contributed by atoms with E-state index in [1.165, 1.54) is 25.0 Å². The third-order valence-electron chi connectivity index (χ3n) is 4.84. The van der Waals surface area contributed by atoms with Crippen LogP contribution in [0.25, 0.3) is 0 Å². The second-order valence-electron chi connectivity index (χ2n) is 5.99. The number of anilines is 1. The lowest BCUT2D eigenvalue weighted by atomic mass is 9.93. The number of rotatable bonds is 3. The van der Waals surface area contributed by atoms with Crippen molar-refractivity contribution in [1.82, 2.24) is 5.32 Å². The Bertz CT molecular complexity index is 555. The highest BCUT2D eigenvalue weighted by molar-refractivity contribution is 5.97. The maximum Gasteiger partial charge on any atom is 0.335 e. The molecule has 2 fully saturated rings. The van der Waals surface area contributed by atoms with E-state index < -0.39 is 5.97 Å². The van der Waals surface area contributed by atoms with Crippen LogP contribution in [0.3, 0.4) is 0 Å². The number of likely N-dealkylation sites (N-methyl/N-ethyl adjacent to an activating group) is 1. The quantitative estimate of drug-likeness (QED) is 0.889. The summed E-state index contributed by atoms with van der Waals surface area (Å²) in [6, 6.07) is 6.33. The highest BCUT2D eigenvalue weighted by Gasteiger charge is 2.43. The van der Waals surface area contributed by atoms with Gasteiger partial charge in [-0.1, -0.05) is 6.42 Å². The lowest BCUT2D eigenvalue weighted by Crippen LogP contribution is -2.44. The molecule has 5 heteroatoms. The maximum atomic E-state index is 12.7. The first-order valence-corrected chi connectivity index (χ1v) is 7.42. The van der Waals surface area contributed by atoms with Gasteiger partial charge < -0.3 is 15.3 Å². The summed E-state index contributed by atoms with van der Waals surface area (Å²) in [4.78, 5) is 25.1. The molecule has 1 heterocycles. The molecule has 3 atom stereocenters. The topological polar surface area (TPSA) is 69.6 Å². The van der Waals surface area contributed by atoms with Gasteiger partial charge in [0.15, 0.2) is 0 Å². The number of carbonyl (C=O) groups is 2. The van der Waals surface area contributed by atoms with Crippen molar-refractivity contribution in [3.63, 3.8) is 0 Å². The van der Waals surface area contributed by atoms with E-state index in [9.17, 15) is 9.59 Å². The molecule has 1 aromatic rings. The van der Waals surface area contributed by atoms with Crippen LogP contribution in [-0.4, -0.2) is 36.6 Å². The molecule has 112 valence electrons. The predicted octanol–water partition coefficient (Wildman–Crippen LogP) is 1.74. The van der Waals surface area contributed by atoms with Crippen LogP contribution in [0.1, 0.15) is 29.6 Å². The molecular weight excluding hydrogens is 268 g/mol. The molecule has 1 aromatic carbocycles. The molecule has 1 aliphatic carbocycles. The molecule has 0 aromatic heterocycles. The Morgan fingerprint density at radius 3 is 2.62 bits per heavy atom. The number of hydrogen-bond donors (Lipinski definition) is 2. The smallest absolute Gasteiger partial charge is 0.335 e. The van der Waals surface area contributed by atoms with Crippen molar-refractivity contribution in [2.24, 2.45) is 11.8 Å². The Morgan fingerprint density at radius 1 is 1.24 bits per heavy atom. The Balaban J connectivity index is 1.73. The van der Waals surface area contributed by atoms with Crippen LogP contribution in [0.15, 0.2) is 24.3 Å². The summed E-state index contributed by atoms with van der Waals surface area (Å²) in [5.41, 5.74) is 0.961. The number of carboxylic acids is 1. The summed E-state index contributed by atoms with van der Waals surface area (Å²) < 4.78 is 0. The van der Waals surface area contributed by atoms with E-state index in [4.69, 9.17) is 5.11 Å². The lowest BCUT2D eigenvalue weighted by molar-refractivity contribution is -0.120. The van der Waals surface area contributed by atoms with Gasteiger partial charge in [0.25, 0.3) is 0 Å². The molecular formula is C16H20N2O3. The summed E-state index contributed by atoms with van der Waals surface area (Å²) in [6.07, 6.45) is 3.57. The Hall–Kier alpha value is -1.88. The maximum absolute atomic E-state index is 12.7. The van der Waals surface area contributed by atoms with E-state index in [-0.39, 0.29) is 17.5 Å². The number of carboxylic acid groups (broad SMARTS) is 1. The molecule has 2 aliphatic rings. The first kappa shape index (κ1) is 14.1. The number of carbonyl (C=O) groups excluding carboxylic acids is 1. The van der Waals surface area contributed by atoms with Crippen molar-refractivity contribution in [2.45, 2.75) is 25.3 Å². The van der Waals surface area contributed by atoms with Crippen LogP contribution in [0.5, 0.6) is 0 Å². The average molecular weight is 288 g/mol. The van der Waals surface area contributed by atoms with Crippen molar-refractivity contribution < 1.29 is 14.7 Å². The van der Waals surface area contributed by atoms with E-state index in [1.807, 2.05) is 0 Å². The molecule has 21 heavy (non-hydrogen) atoms. The van der Waals surface area contributed by atoms with E-state index in [0.29, 0.717) is 11.8 Å². The molecule has 0 bridgehead atoms. The highest BCUT2D eigenvalue weighted by Crippen LogP contribution is 2.38. The lowest BCUT2D eigenvalue weighted by Gasteiger charge is -2.24. The van der Waals surface area contributed by atoms with Gasteiger partial charge >= 0.3 is 5.97 Å². The number of fused-ring (bicyclic) bond motifs is 1. The van der Waals surface area contributed by atoms with Crippen molar-refractivity contribution in [1.29, 1.82) is 0 Å². The Kier molecular flexibility index (Phi) is 3.68. The third-order valence-corrected chi connectivity index (χ3v) is 4.84. The molecule has 5 nitrogen and oxygen atoms in total. The molecule has 1 saturated heterocycles. The minimum Gasteiger partial charge on any atom is -0.478 e. The van der Waals surface area contributed by atoms with Crippen LogP contribution >= 0.6 is 0 Å². The van der Waals surface area contributed by atoms with E-state index in [2.05, 4.69) is 5.32 Å². The first-order chi connectivity index (χ1) is 10.1. The molecule has 0 radical (unpaired) electrons. The molecule has 3 unspecified atom stereocenters. The molecule has 2 N–H and O–H groups in total. The summed E-state index contributed by atoms with van der Waals surface area (Å²) in [6.45, 7) is 0.937. The Labute approximate surface area is 123 Å². The average Bonchev–Trinajstić information content (AvgIpc) is 3.08. The summed E-state index contributed by atoms with van der Waals surface area (Å²) in [5, 5.41) is 12.3. The van der Waals surface area contributed by atoms with Gasteiger partial charge in [-0.25, -0.2) is 4.79 Å². The number of nitrogens with zero attached hydrogens (tertiary/aromatic N) is 1. The van der Waals surface area contributed by atoms with Crippen molar-refractivity contribution >= 4 is 17.6 Å². The minimum absolute atomic E-state index is 0.0764. The van der Waals surface area contributed by atoms with Gasteiger partial charge in [-0.15, -0.1) is 0 Å². The van der Waals surface area contributed by atoms with Gasteiger partial charge in [0.2, 0.25) is 5.91 Å². The molecule has 1 saturated carbocycles. The number of aromatic carboxylic acids is 1. The van der Waals surface area contributed by atoms with Gasteiger partial charge in [-0.2, -0.15) is 0 Å². The van der Waals surface area contributed by atoms with Crippen molar-refractivity contribution in [2.75, 3.05) is 18.5 Å². The van der Waals surface area contributed by atoms with Crippen molar-refractivity contribution in [3.05, 3.63) is 29.8 Å². The third kappa shape index (κ3) is 2.53. The number of hydrogen-bond acceptors (Lipinski definition) is 3. The second kappa shape index (κ2) is 5.48. The fraction of sp³-hybridized carbons (Fsp3) is 0.500. The van der Waals surface area contributed by atoms with E-state index in [0.717, 1.165) is 18.7 Å². The number of amides is 1. The minimum atomic E-state index is -0.957. The standard InChI is InChI=1S/C16H20N2O3/c1-18(12-7-5-10(6-8-12)16(20)21)15(19)14-13-4-2-3-11(13)9-17-14/h5-8,11,13-14,17H,2-4,9H2,1H3,(H,20,21). The highest BCUT2D eigenvalue weighted by atomic mass is 16.4. The van der Waals surface area contributed by atoms with Gasteiger partial charge in [-0.3, -0.25) is 4.79 Å². The SMILES string of the molecule is CN(C(=O)C1NCC2CCCC21)c1ccc(C(=O)O)cc1. The largest absolute Gasteiger partial charge is 0.478 e. The first-order valence-electron chi connectivity index (χ1n) is 7.42. The molecule has 1 amide bonds. The van der Waals surface area contributed by atoms with Gasteiger partial charge in [0.05, 0.1) is 11.6 Å². The normalized spacial score (nSPS) is 27.4.